The van der Waals surface area contributed by atoms with Crippen molar-refractivity contribution in [2.75, 3.05) is 0 Å². The Morgan fingerprint density at radius 2 is 2.20 bits per heavy atom. The van der Waals surface area contributed by atoms with Crippen molar-refractivity contribution in [2.45, 2.75) is 37.8 Å². The van der Waals surface area contributed by atoms with E-state index in [-0.39, 0.29) is 6.04 Å². The molecular weight excluding hydrogens is 198 g/mol. The molecule has 0 atom stereocenters. The number of aromatic nitrogens is 4. The zero-order valence-corrected chi connectivity index (χ0v) is 8.26. The third kappa shape index (κ3) is 2.42. The van der Waals surface area contributed by atoms with Crippen LogP contribution in [0.4, 0.5) is 4.79 Å². The zero-order chi connectivity index (χ0) is 10.7. The molecular formula is C8H14N5O2+. The number of hydrogen-bond acceptors (Lipinski definition) is 3. The average Bonchev–Trinajstić information content (AvgIpc) is 2.71. The Hall–Kier alpha value is -1.66. The van der Waals surface area contributed by atoms with Crippen molar-refractivity contribution in [1.29, 1.82) is 0 Å². The van der Waals surface area contributed by atoms with Crippen LogP contribution in [-0.2, 0) is 0 Å². The van der Waals surface area contributed by atoms with Crippen molar-refractivity contribution in [3.8, 4) is 0 Å². The Kier molecular flexibility index (Phi) is 2.79. The molecule has 1 saturated carbocycles. The molecule has 2 rings (SSSR count). The average molecular weight is 212 g/mol. The van der Waals surface area contributed by atoms with Crippen LogP contribution in [0.1, 0.15) is 31.7 Å². The van der Waals surface area contributed by atoms with E-state index in [0.717, 1.165) is 25.7 Å². The van der Waals surface area contributed by atoms with Gasteiger partial charge in [-0.15, -0.1) is 4.68 Å². The maximum atomic E-state index is 10.4. The van der Waals surface area contributed by atoms with Crippen LogP contribution in [-0.4, -0.2) is 32.8 Å². The summed E-state index contributed by atoms with van der Waals surface area (Å²) >= 11 is 0. The number of amides is 1. The van der Waals surface area contributed by atoms with Gasteiger partial charge < -0.3 is 10.4 Å². The normalized spacial score (nSPS) is 26.1. The van der Waals surface area contributed by atoms with Crippen molar-refractivity contribution in [2.24, 2.45) is 0 Å². The first-order valence-corrected chi connectivity index (χ1v) is 5.02. The highest BCUT2D eigenvalue weighted by Crippen LogP contribution is 2.23. The van der Waals surface area contributed by atoms with Gasteiger partial charge >= 0.3 is 6.09 Å². The second kappa shape index (κ2) is 4.24. The standard InChI is InChI=1S/C8H13N5O2/c14-8(15)10-6-1-3-7(4-2-6)13-5-9-11-12-13/h5-7,10H,1-4H2,(H,14,15)/p+1. The molecule has 7 heteroatoms. The third-order valence-corrected chi connectivity index (χ3v) is 2.79. The van der Waals surface area contributed by atoms with Crippen LogP contribution < -0.4 is 10.00 Å². The summed E-state index contributed by atoms with van der Waals surface area (Å²) in [4.78, 5) is 10.4. The number of nitrogens with zero attached hydrogens (tertiary/aromatic N) is 3. The van der Waals surface area contributed by atoms with Crippen LogP contribution >= 0.6 is 0 Å². The maximum Gasteiger partial charge on any atom is 0.404 e. The summed E-state index contributed by atoms with van der Waals surface area (Å²) in [6.45, 7) is 0. The number of aromatic amines is 1. The molecule has 1 aliphatic rings. The minimum Gasteiger partial charge on any atom is -0.465 e. The molecule has 0 aliphatic heterocycles. The van der Waals surface area contributed by atoms with E-state index in [2.05, 4.69) is 20.8 Å². The molecule has 0 radical (unpaired) electrons. The molecule has 1 aromatic heterocycles. The summed E-state index contributed by atoms with van der Waals surface area (Å²) in [5.41, 5.74) is 0. The Morgan fingerprint density at radius 1 is 1.47 bits per heavy atom. The Bertz CT molecular complexity index is 318. The molecule has 15 heavy (non-hydrogen) atoms. The molecule has 1 amide bonds. The van der Waals surface area contributed by atoms with Crippen LogP contribution in [0.5, 0.6) is 0 Å². The highest BCUT2D eigenvalue weighted by Gasteiger charge is 2.26. The van der Waals surface area contributed by atoms with Crippen LogP contribution in [0.15, 0.2) is 6.33 Å². The number of H-pyrrole nitrogens is 1. The fraction of sp³-hybridized carbons (Fsp3) is 0.750. The first kappa shape index (κ1) is 9.88. The summed E-state index contributed by atoms with van der Waals surface area (Å²) in [7, 11) is 0. The smallest absolute Gasteiger partial charge is 0.404 e. The monoisotopic (exact) mass is 212 g/mol. The summed E-state index contributed by atoms with van der Waals surface area (Å²) in [6.07, 6.45) is 4.31. The lowest BCUT2D eigenvalue weighted by molar-refractivity contribution is -0.780. The van der Waals surface area contributed by atoms with E-state index < -0.39 is 6.09 Å². The molecule has 0 aromatic carbocycles. The second-order valence-corrected chi connectivity index (χ2v) is 3.78. The maximum absolute atomic E-state index is 10.4. The van der Waals surface area contributed by atoms with Crippen LogP contribution in [0, 0.1) is 0 Å². The summed E-state index contributed by atoms with van der Waals surface area (Å²) in [5, 5.41) is 21.4. The Labute approximate surface area is 86.5 Å². The summed E-state index contributed by atoms with van der Waals surface area (Å²) < 4.78 is 1.80. The first-order valence-electron chi connectivity index (χ1n) is 5.02. The van der Waals surface area contributed by atoms with Crippen molar-refractivity contribution >= 4 is 6.09 Å². The van der Waals surface area contributed by atoms with Crippen LogP contribution in [0.2, 0.25) is 0 Å². The third-order valence-electron chi connectivity index (χ3n) is 2.79. The number of hydrogen-bond donors (Lipinski definition) is 3. The van der Waals surface area contributed by atoms with Gasteiger partial charge in [0.05, 0.1) is 10.3 Å². The summed E-state index contributed by atoms with van der Waals surface area (Å²) in [6, 6.07) is 0.432. The molecule has 0 bridgehead atoms. The van der Waals surface area contributed by atoms with E-state index in [9.17, 15) is 4.79 Å². The van der Waals surface area contributed by atoms with E-state index in [1.807, 2.05) is 0 Å². The fourth-order valence-electron chi connectivity index (χ4n) is 2.02. The van der Waals surface area contributed by atoms with E-state index in [1.165, 1.54) is 0 Å². The van der Waals surface area contributed by atoms with Crippen molar-refractivity contribution in [3.63, 3.8) is 0 Å². The molecule has 1 aliphatic carbocycles. The van der Waals surface area contributed by atoms with Gasteiger partial charge in [0, 0.05) is 6.04 Å². The molecule has 0 unspecified atom stereocenters. The molecule has 1 fully saturated rings. The summed E-state index contributed by atoms with van der Waals surface area (Å²) in [5.74, 6) is 0. The molecule has 7 nitrogen and oxygen atoms in total. The van der Waals surface area contributed by atoms with Gasteiger partial charge in [-0.3, -0.25) is 0 Å². The van der Waals surface area contributed by atoms with Crippen molar-refractivity contribution < 1.29 is 14.6 Å². The van der Waals surface area contributed by atoms with Gasteiger partial charge in [-0.25, -0.2) is 4.79 Å². The number of nitrogens with one attached hydrogen (secondary N) is 2. The molecule has 1 heterocycles. The highest BCUT2D eigenvalue weighted by atomic mass is 16.4. The van der Waals surface area contributed by atoms with E-state index >= 15 is 0 Å². The van der Waals surface area contributed by atoms with E-state index in [4.69, 9.17) is 5.11 Å². The lowest BCUT2D eigenvalue weighted by atomic mass is 9.91. The Morgan fingerprint density at radius 3 is 2.73 bits per heavy atom. The number of carbonyl (C=O) groups is 1. The lowest BCUT2D eigenvalue weighted by Gasteiger charge is -2.25. The molecule has 1 aromatic rings. The zero-order valence-electron chi connectivity index (χ0n) is 8.26. The number of rotatable bonds is 2. The topological polar surface area (TPSA) is 94.8 Å². The predicted octanol–water partition coefficient (Wildman–Crippen LogP) is -0.157. The highest BCUT2D eigenvalue weighted by molar-refractivity contribution is 5.64. The van der Waals surface area contributed by atoms with E-state index in [0.29, 0.717) is 6.04 Å². The largest absolute Gasteiger partial charge is 0.465 e. The number of tetrazole rings is 1. The van der Waals surface area contributed by atoms with Crippen LogP contribution in [0.25, 0.3) is 0 Å². The minimum atomic E-state index is -0.937. The quantitative estimate of drug-likeness (QED) is 0.594. The molecule has 3 N–H and O–H groups in total. The molecule has 82 valence electrons. The minimum absolute atomic E-state index is 0.0891. The van der Waals surface area contributed by atoms with Gasteiger partial charge in [0.15, 0.2) is 0 Å². The van der Waals surface area contributed by atoms with Gasteiger partial charge in [0.25, 0.3) is 6.33 Å². The fourth-order valence-corrected chi connectivity index (χ4v) is 2.02. The van der Waals surface area contributed by atoms with E-state index in [1.54, 1.807) is 11.0 Å². The van der Waals surface area contributed by atoms with Crippen molar-refractivity contribution in [3.05, 3.63) is 6.33 Å². The van der Waals surface area contributed by atoms with Crippen molar-refractivity contribution in [1.82, 2.24) is 20.8 Å². The molecule has 0 spiro atoms. The Balaban J connectivity index is 1.84. The van der Waals surface area contributed by atoms with Gasteiger partial charge in [-0.1, -0.05) is 0 Å². The lowest BCUT2D eigenvalue weighted by Crippen LogP contribution is -2.46. The second-order valence-electron chi connectivity index (χ2n) is 3.78. The molecule has 0 saturated heterocycles. The van der Waals surface area contributed by atoms with Crippen LogP contribution in [0.3, 0.4) is 0 Å². The SMILES string of the molecule is O=C(O)NC1CCC([n+]2cn[nH]n2)CC1. The van der Waals surface area contributed by atoms with Gasteiger partial charge in [-0.2, -0.15) is 0 Å². The van der Waals surface area contributed by atoms with Gasteiger partial charge in [0.2, 0.25) is 0 Å². The number of carboxylic acid groups (broad SMARTS) is 1. The van der Waals surface area contributed by atoms with Gasteiger partial charge in [-0.05, 0) is 30.9 Å². The predicted molar refractivity (Wildman–Crippen MR) is 49.0 cm³/mol. The van der Waals surface area contributed by atoms with Gasteiger partial charge in [0.1, 0.15) is 6.04 Å². The first-order chi connectivity index (χ1) is 7.25.